The van der Waals surface area contributed by atoms with Crippen molar-refractivity contribution in [1.29, 1.82) is 0 Å². The summed E-state index contributed by atoms with van der Waals surface area (Å²) in [5.41, 5.74) is 1.06. The van der Waals surface area contributed by atoms with Gasteiger partial charge in [-0.3, -0.25) is 9.79 Å². The molecule has 1 fully saturated rings. The summed E-state index contributed by atoms with van der Waals surface area (Å²) in [6, 6.07) is 5.06. The van der Waals surface area contributed by atoms with E-state index in [-0.39, 0.29) is 11.7 Å². The Morgan fingerprint density at radius 3 is 2.92 bits per heavy atom. The topological polar surface area (TPSA) is 56.7 Å². The molecule has 0 radical (unpaired) electrons. The second-order valence-electron chi connectivity index (χ2n) is 6.02. The molecule has 0 atom stereocenters. The Balaban J connectivity index is 1.73. The molecule has 0 spiro atoms. The van der Waals surface area contributed by atoms with Crippen molar-refractivity contribution in [3.05, 3.63) is 34.1 Å². The highest BCUT2D eigenvalue weighted by Crippen LogP contribution is 2.16. The zero-order chi connectivity index (χ0) is 18.1. The van der Waals surface area contributed by atoms with E-state index in [0.717, 1.165) is 50.4 Å². The first-order chi connectivity index (χ1) is 12.1. The van der Waals surface area contributed by atoms with Gasteiger partial charge in [0.1, 0.15) is 5.82 Å². The normalized spacial score (nSPS) is 14.9. The zero-order valence-electron chi connectivity index (χ0n) is 14.7. The first-order valence-electron chi connectivity index (χ1n) is 8.84. The molecule has 0 aromatic heterocycles. The number of carbonyl (C=O) groups is 1. The van der Waals surface area contributed by atoms with E-state index in [1.165, 1.54) is 6.07 Å². The molecule has 1 saturated heterocycles. The van der Waals surface area contributed by atoms with E-state index in [2.05, 4.69) is 31.6 Å². The number of hydrogen-bond acceptors (Lipinski definition) is 2. The Hall–Kier alpha value is -1.63. The molecular weight excluding hydrogens is 387 g/mol. The van der Waals surface area contributed by atoms with Gasteiger partial charge in [-0.2, -0.15) is 0 Å². The molecular formula is C18H26BrFN4O. The van der Waals surface area contributed by atoms with Gasteiger partial charge in [-0.1, -0.05) is 6.07 Å². The van der Waals surface area contributed by atoms with Crippen LogP contribution >= 0.6 is 15.9 Å². The van der Waals surface area contributed by atoms with Crippen LogP contribution in [-0.4, -0.2) is 49.5 Å². The van der Waals surface area contributed by atoms with Gasteiger partial charge in [0, 0.05) is 39.1 Å². The van der Waals surface area contributed by atoms with E-state index in [4.69, 9.17) is 0 Å². The van der Waals surface area contributed by atoms with Gasteiger partial charge in [0.05, 0.1) is 4.47 Å². The summed E-state index contributed by atoms with van der Waals surface area (Å²) < 4.78 is 13.7. The molecule has 1 aliphatic heterocycles. The molecule has 2 N–H and O–H groups in total. The number of benzene rings is 1. The number of guanidine groups is 1. The van der Waals surface area contributed by atoms with Crippen LogP contribution in [0.1, 0.15) is 31.7 Å². The quantitative estimate of drug-likeness (QED) is 0.392. The van der Waals surface area contributed by atoms with E-state index in [9.17, 15) is 9.18 Å². The molecule has 0 bridgehead atoms. The van der Waals surface area contributed by atoms with Gasteiger partial charge in [0.15, 0.2) is 5.96 Å². The maximum absolute atomic E-state index is 13.2. The average molecular weight is 413 g/mol. The van der Waals surface area contributed by atoms with Crippen LogP contribution in [0.5, 0.6) is 0 Å². The Labute approximate surface area is 157 Å². The number of likely N-dealkylation sites (tertiary alicyclic amines) is 1. The molecule has 138 valence electrons. The minimum absolute atomic E-state index is 0.247. The van der Waals surface area contributed by atoms with E-state index < -0.39 is 0 Å². The van der Waals surface area contributed by atoms with E-state index >= 15 is 0 Å². The molecule has 2 rings (SSSR count). The van der Waals surface area contributed by atoms with Crippen LogP contribution in [-0.2, 0) is 11.2 Å². The lowest BCUT2D eigenvalue weighted by Crippen LogP contribution is -2.38. The summed E-state index contributed by atoms with van der Waals surface area (Å²) in [7, 11) is 0. The number of rotatable bonds is 8. The van der Waals surface area contributed by atoms with Crippen LogP contribution in [0.15, 0.2) is 27.7 Å². The highest BCUT2D eigenvalue weighted by molar-refractivity contribution is 9.10. The summed E-state index contributed by atoms with van der Waals surface area (Å²) in [5.74, 6) is 0.791. The van der Waals surface area contributed by atoms with Crippen molar-refractivity contribution in [2.45, 2.75) is 32.6 Å². The molecule has 7 heteroatoms. The van der Waals surface area contributed by atoms with Crippen molar-refractivity contribution in [3.63, 3.8) is 0 Å². The summed E-state index contributed by atoms with van der Waals surface area (Å²) in [6.45, 7) is 5.88. The standard InChI is InChI=1S/C18H26BrFN4O/c1-2-21-18(22-9-4-12-24-11-3-5-17(24)25)23-10-8-14-6-7-16(20)15(19)13-14/h6-7,13H,2-5,8-12H2,1H3,(H2,21,22,23). The number of hydrogen-bond donors (Lipinski definition) is 2. The Morgan fingerprint density at radius 2 is 2.24 bits per heavy atom. The van der Waals surface area contributed by atoms with Crippen LogP contribution in [0.2, 0.25) is 0 Å². The summed E-state index contributed by atoms with van der Waals surface area (Å²) in [5, 5.41) is 6.51. The van der Waals surface area contributed by atoms with E-state index in [0.29, 0.717) is 24.0 Å². The van der Waals surface area contributed by atoms with Crippen LogP contribution in [0.4, 0.5) is 4.39 Å². The van der Waals surface area contributed by atoms with Crippen molar-refractivity contribution < 1.29 is 9.18 Å². The number of nitrogens with one attached hydrogen (secondary N) is 2. The minimum Gasteiger partial charge on any atom is -0.357 e. The number of halogens is 2. The fourth-order valence-corrected chi connectivity index (χ4v) is 3.18. The molecule has 0 aliphatic carbocycles. The van der Waals surface area contributed by atoms with E-state index in [1.54, 1.807) is 12.1 Å². The van der Waals surface area contributed by atoms with Gasteiger partial charge in [0.25, 0.3) is 0 Å². The van der Waals surface area contributed by atoms with Crippen molar-refractivity contribution in [2.75, 3.05) is 32.7 Å². The predicted molar refractivity (Wildman–Crippen MR) is 102 cm³/mol. The highest BCUT2D eigenvalue weighted by atomic mass is 79.9. The lowest BCUT2D eigenvalue weighted by molar-refractivity contribution is -0.127. The maximum Gasteiger partial charge on any atom is 0.222 e. The van der Waals surface area contributed by atoms with Gasteiger partial charge in [-0.05, 0) is 59.8 Å². The third-order valence-corrected chi connectivity index (χ3v) is 4.67. The molecule has 1 aliphatic rings. The molecule has 1 amide bonds. The second kappa shape index (κ2) is 10.4. The third-order valence-electron chi connectivity index (χ3n) is 4.06. The van der Waals surface area contributed by atoms with Crippen molar-refractivity contribution in [2.24, 2.45) is 4.99 Å². The lowest BCUT2D eigenvalue weighted by atomic mass is 10.1. The molecule has 25 heavy (non-hydrogen) atoms. The fraction of sp³-hybridized carbons (Fsp3) is 0.556. The van der Waals surface area contributed by atoms with Crippen molar-refractivity contribution in [1.82, 2.24) is 15.5 Å². The van der Waals surface area contributed by atoms with Gasteiger partial charge < -0.3 is 15.5 Å². The molecule has 0 unspecified atom stereocenters. The molecule has 1 heterocycles. The van der Waals surface area contributed by atoms with Gasteiger partial charge >= 0.3 is 0 Å². The summed E-state index contributed by atoms with van der Waals surface area (Å²) >= 11 is 3.21. The zero-order valence-corrected chi connectivity index (χ0v) is 16.2. The third kappa shape index (κ3) is 6.65. The average Bonchev–Trinajstić information content (AvgIpc) is 3.00. The predicted octanol–water partition coefficient (Wildman–Crippen LogP) is 2.70. The van der Waals surface area contributed by atoms with Crippen molar-refractivity contribution >= 4 is 27.8 Å². The van der Waals surface area contributed by atoms with Crippen LogP contribution in [0.25, 0.3) is 0 Å². The first-order valence-corrected chi connectivity index (χ1v) is 9.63. The maximum atomic E-state index is 13.2. The Bertz CT molecular complexity index is 609. The molecule has 0 saturated carbocycles. The Kier molecular flexibility index (Phi) is 8.18. The molecule has 1 aromatic rings. The lowest BCUT2D eigenvalue weighted by Gasteiger charge is -2.15. The van der Waals surface area contributed by atoms with E-state index in [1.807, 2.05) is 11.8 Å². The van der Waals surface area contributed by atoms with Crippen molar-refractivity contribution in [3.8, 4) is 0 Å². The van der Waals surface area contributed by atoms with Gasteiger partial charge in [-0.15, -0.1) is 0 Å². The SMILES string of the molecule is CCNC(=NCCCN1CCCC1=O)NCCc1ccc(F)c(Br)c1. The van der Waals surface area contributed by atoms with Crippen LogP contribution in [0, 0.1) is 5.82 Å². The molecule has 1 aromatic carbocycles. The monoisotopic (exact) mass is 412 g/mol. The van der Waals surface area contributed by atoms with Crippen LogP contribution < -0.4 is 10.6 Å². The van der Waals surface area contributed by atoms with Gasteiger partial charge in [0.2, 0.25) is 5.91 Å². The highest BCUT2D eigenvalue weighted by Gasteiger charge is 2.18. The fourth-order valence-electron chi connectivity index (χ4n) is 2.76. The number of amides is 1. The van der Waals surface area contributed by atoms with Gasteiger partial charge in [-0.25, -0.2) is 4.39 Å². The van der Waals surface area contributed by atoms with Crippen LogP contribution in [0.3, 0.4) is 0 Å². The molecule has 5 nitrogen and oxygen atoms in total. The largest absolute Gasteiger partial charge is 0.357 e. The number of carbonyl (C=O) groups excluding carboxylic acids is 1. The second-order valence-corrected chi connectivity index (χ2v) is 6.88. The smallest absolute Gasteiger partial charge is 0.222 e. The summed E-state index contributed by atoms with van der Waals surface area (Å²) in [6.07, 6.45) is 3.32. The Morgan fingerprint density at radius 1 is 1.40 bits per heavy atom. The minimum atomic E-state index is -0.247. The number of nitrogens with zero attached hydrogens (tertiary/aromatic N) is 2. The first kappa shape index (κ1) is 19.7. The summed E-state index contributed by atoms with van der Waals surface area (Å²) in [4.78, 5) is 18.0. The number of aliphatic imine (C=N–C) groups is 1.